The van der Waals surface area contributed by atoms with Crippen LogP contribution in [-0.4, -0.2) is 48.4 Å². The number of primary sulfonamides is 1. The van der Waals surface area contributed by atoms with Crippen LogP contribution in [-0.2, 0) is 40.8 Å². The maximum atomic E-state index is 11.9. The van der Waals surface area contributed by atoms with Crippen LogP contribution in [0, 0.1) is 6.92 Å². The molecule has 10 nitrogen and oxygen atoms in total. The summed E-state index contributed by atoms with van der Waals surface area (Å²) in [7, 11) is -7.62. The summed E-state index contributed by atoms with van der Waals surface area (Å²) in [5, 5.41) is 8.50. The summed E-state index contributed by atoms with van der Waals surface area (Å²) in [6.07, 6.45) is 1.81. The van der Waals surface area contributed by atoms with Gasteiger partial charge in [-0.1, -0.05) is 42.0 Å². The van der Waals surface area contributed by atoms with Gasteiger partial charge in [-0.15, -0.1) is 0 Å². The first kappa shape index (κ1) is 26.2. The molecule has 33 heavy (non-hydrogen) atoms. The van der Waals surface area contributed by atoms with Crippen molar-refractivity contribution in [3.63, 3.8) is 0 Å². The smallest absolute Gasteiger partial charge is 0.321 e. The van der Waals surface area contributed by atoms with Crippen molar-refractivity contribution in [1.82, 2.24) is 10.0 Å². The van der Waals surface area contributed by atoms with Crippen LogP contribution in [0.4, 0.5) is 0 Å². The number of benzene rings is 2. The van der Waals surface area contributed by atoms with E-state index in [1.807, 2.05) is 19.1 Å². The fraction of sp³-hybridized carbons (Fsp3) is 0.238. The molecule has 0 unspecified atom stereocenters. The predicted octanol–water partition coefficient (Wildman–Crippen LogP) is 0.435. The Hall–Kier alpha value is -3.06. The topological polar surface area (TPSA) is 162 Å². The molecule has 2 aromatic rings. The van der Waals surface area contributed by atoms with E-state index in [-0.39, 0.29) is 11.4 Å². The Kier molecular flexibility index (Phi) is 9.29. The van der Waals surface area contributed by atoms with E-state index >= 15 is 0 Å². The number of ether oxygens (including phenoxy) is 1. The lowest BCUT2D eigenvalue weighted by atomic mass is 10.1. The molecule has 2 rings (SSSR count). The van der Waals surface area contributed by atoms with Gasteiger partial charge < -0.3 is 10.1 Å². The molecule has 0 bridgehead atoms. The van der Waals surface area contributed by atoms with Gasteiger partial charge in [0, 0.05) is 12.0 Å². The van der Waals surface area contributed by atoms with E-state index in [2.05, 4.69) is 10.0 Å². The van der Waals surface area contributed by atoms with Crippen molar-refractivity contribution in [3.8, 4) is 0 Å². The number of aryl methyl sites for hydroxylation is 1. The van der Waals surface area contributed by atoms with Gasteiger partial charge in [0.25, 0.3) is 5.91 Å². The highest BCUT2D eigenvalue weighted by Gasteiger charge is 2.12. The molecule has 4 N–H and O–H groups in total. The number of hydrogen-bond donors (Lipinski definition) is 3. The third-order valence-corrected chi connectivity index (χ3v) is 6.26. The van der Waals surface area contributed by atoms with Crippen molar-refractivity contribution in [2.45, 2.75) is 18.2 Å². The highest BCUT2D eigenvalue weighted by atomic mass is 32.2. The average Bonchev–Trinajstić information content (AvgIpc) is 2.76. The van der Waals surface area contributed by atoms with E-state index < -0.39 is 45.1 Å². The lowest BCUT2D eigenvalue weighted by Crippen LogP contribution is -2.34. The molecule has 0 saturated heterocycles. The van der Waals surface area contributed by atoms with Gasteiger partial charge in [0.2, 0.25) is 20.0 Å². The van der Waals surface area contributed by atoms with Crippen molar-refractivity contribution < 1.29 is 31.2 Å². The summed E-state index contributed by atoms with van der Waals surface area (Å²) in [4.78, 5) is 23.5. The molecule has 12 heteroatoms. The van der Waals surface area contributed by atoms with Gasteiger partial charge in [-0.05, 0) is 42.7 Å². The van der Waals surface area contributed by atoms with Crippen molar-refractivity contribution in [2.75, 3.05) is 19.7 Å². The SMILES string of the molecule is Cc1ccc(C=CS(=O)(=O)NCC(=O)OCC(=O)NCCc2ccc(S(N)(=O)=O)cc2)cc1. The second-order valence-corrected chi connectivity index (χ2v) is 10.2. The Morgan fingerprint density at radius 1 is 1.00 bits per heavy atom. The zero-order valence-corrected chi connectivity index (χ0v) is 19.5. The van der Waals surface area contributed by atoms with Crippen LogP contribution in [0.3, 0.4) is 0 Å². The minimum absolute atomic E-state index is 0.0107. The summed E-state index contributed by atoms with van der Waals surface area (Å²) in [6.45, 7) is 0.949. The molecule has 0 heterocycles. The Balaban J connectivity index is 1.68. The van der Waals surface area contributed by atoms with Crippen LogP contribution in [0.5, 0.6) is 0 Å². The number of rotatable bonds is 11. The molecular formula is C21H25N3O7S2. The van der Waals surface area contributed by atoms with Crippen LogP contribution < -0.4 is 15.2 Å². The van der Waals surface area contributed by atoms with E-state index in [0.29, 0.717) is 12.0 Å². The summed E-state index contributed by atoms with van der Waals surface area (Å²) in [5.41, 5.74) is 2.50. The number of amides is 1. The van der Waals surface area contributed by atoms with E-state index in [4.69, 9.17) is 9.88 Å². The number of nitrogens with two attached hydrogens (primary N) is 1. The zero-order chi connectivity index (χ0) is 24.5. The van der Waals surface area contributed by atoms with Crippen molar-refractivity contribution in [1.29, 1.82) is 0 Å². The molecule has 0 atom stereocenters. The number of nitrogens with one attached hydrogen (secondary N) is 2. The first-order valence-corrected chi connectivity index (χ1v) is 12.8. The van der Waals surface area contributed by atoms with E-state index in [1.165, 1.54) is 18.2 Å². The van der Waals surface area contributed by atoms with Crippen LogP contribution >= 0.6 is 0 Å². The molecule has 0 aliphatic heterocycles. The molecule has 1 amide bonds. The molecule has 2 aromatic carbocycles. The fourth-order valence-corrected chi connectivity index (χ4v) is 3.76. The Bertz CT molecular complexity index is 1210. The second-order valence-electron chi connectivity index (χ2n) is 7.03. The van der Waals surface area contributed by atoms with Gasteiger partial charge in [0.05, 0.1) is 4.90 Å². The largest absolute Gasteiger partial charge is 0.455 e. The van der Waals surface area contributed by atoms with Crippen molar-refractivity contribution in [3.05, 3.63) is 70.6 Å². The number of carbonyl (C=O) groups excluding carboxylic acids is 2. The van der Waals surface area contributed by atoms with Gasteiger partial charge >= 0.3 is 5.97 Å². The maximum Gasteiger partial charge on any atom is 0.321 e. The molecule has 178 valence electrons. The molecule has 0 fully saturated rings. The lowest BCUT2D eigenvalue weighted by molar-refractivity contribution is -0.147. The lowest BCUT2D eigenvalue weighted by Gasteiger charge is -2.07. The second kappa shape index (κ2) is 11.7. The molecule has 0 saturated carbocycles. The van der Waals surface area contributed by atoms with Crippen LogP contribution in [0.15, 0.2) is 58.8 Å². The van der Waals surface area contributed by atoms with Crippen molar-refractivity contribution >= 4 is 38.0 Å². The molecule has 0 aromatic heterocycles. The summed E-state index contributed by atoms with van der Waals surface area (Å²) in [6, 6.07) is 13.1. The monoisotopic (exact) mass is 495 g/mol. The standard InChI is InChI=1S/C21H25N3O7S2/c1-16-2-4-18(5-3-16)11-13-32(27,28)24-14-21(26)31-15-20(25)23-12-10-17-6-8-19(9-7-17)33(22,29)30/h2-9,11,13,24H,10,12,14-15H2,1H3,(H,23,25)(H2,22,29,30). The Morgan fingerprint density at radius 2 is 1.64 bits per heavy atom. The molecule has 0 aliphatic rings. The van der Waals surface area contributed by atoms with Gasteiger partial charge in [0.15, 0.2) is 6.61 Å². The van der Waals surface area contributed by atoms with E-state index in [1.54, 1.807) is 24.3 Å². The first-order chi connectivity index (χ1) is 15.4. The van der Waals surface area contributed by atoms with Crippen molar-refractivity contribution in [2.24, 2.45) is 5.14 Å². The predicted molar refractivity (Wildman–Crippen MR) is 123 cm³/mol. The highest BCUT2D eigenvalue weighted by Crippen LogP contribution is 2.09. The number of sulfonamides is 2. The fourth-order valence-electron chi connectivity index (χ4n) is 2.49. The van der Waals surface area contributed by atoms with E-state index in [0.717, 1.165) is 16.5 Å². The Morgan fingerprint density at radius 3 is 2.24 bits per heavy atom. The molecule has 0 spiro atoms. The number of hydrogen-bond acceptors (Lipinski definition) is 7. The van der Waals surface area contributed by atoms with Crippen LogP contribution in [0.25, 0.3) is 6.08 Å². The zero-order valence-electron chi connectivity index (χ0n) is 17.9. The summed E-state index contributed by atoms with van der Waals surface area (Å²) >= 11 is 0. The van der Waals surface area contributed by atoms with E-state index in [9.17, 15) is 26.4 Å². The summed E-state index contributed by atoms with van der Waals surface area (Å²) < 4.78 is 53.1. The molecule has 0 aliphatic carbocycles. The molecule has 0 radical (unpaired) electrons. The molecular weight excluding hydrogens is 470 g/mol. The minimum Gasteiger partial charge on any atom is -0.455 e. The third kappa shape index (κ3) is 9.95. The third-order valence-electron chi connectivity index (χ3n) is 4.29. The summed E-state index contributed by atoms with van der Waals surface area (Å²) in [5.74, 6) is -1.47. The normalized spacial score (nSPS) is 11.9. The van der Waals surface area contributed by atoms with Gasteiger partial charge in [-0.3, -0.25) is 9.59 Å². The van der Waals surface area contributed by atoms with Crippen LogP contribution in [0.1, 0.15) is 16.7 Å². The van der Waals surface area contributed by atoms with Crippen LogP contribution in [0.2, 0.25) is 0 Å². The van der Waals surface area contributed by atoms with Gasteiger partial charge in [-0.2, -0.15) is 0 Å². The Labute approximate surface area is 192 Å². The number of carbonyl (C=O) groups is 2. The number of esters is 1. The quantitative estimate of drug-likeness (QED) is 0.381. The first-order valence-electron chi connectivity index (χ1n) is 9.73. The maximum absolute atomic E-state index is 11.9. The van der Waals surface area contributed by atoms with Gasteiger partial charge in [-0.25, -0.2) is 26.7 Å². The minimum atomic E-state index is -3.86. The highest BCUT2D eigenvalue weighted by molar-refractivity contribution is 7.92. The average molecular weight is 496 g/mol. The van der Waals surface area contributed by atoms with Gasteiger partial charge in [0.1, 0.15) is 6.54 Å².